The zero-order valence-electron chi connectivity index (χ0n) is 21.3. The van der Waals surface area contributed by atoms with Crippen LogP contribution in [0.25, 0.3) is 27.5 Å². The van der Waals surface area contributed by atoms with Crippen LogP contribution in [0.1, 0.15) is 36.4 Å². The Hall–Kier alpha value is -3.33. The third kappa shape index (κ3) is 4.78. The summed E-state index contributed by atoms with van der Waals surface area (Å²) in [5.41, 5.74) is 5.50. The van der Waals surface area contributed by atoms with E-state index in [1.165, 1.54) is 28.0 Å². The Balaban J connectivity index is 1.31. The van der Waals surface area contributed by atoms with E-state index >= 15 is 0 Å². The van der Waals surface area contributed by atoms with Crippen molar-refractivity contribution in [2.45, 2.75) is 25.3 Å². The summed E-state index contributed by atoms with van der Waals surface area (Å²) in [5, 5.41) is 8.96. The molecule has 1 saturated carbocycles. The summed E-state index contributed by atoms with van der Waals surface area (Å²) >= 11 is 8.60. The molecule has 1 fully saturated rings. The van der Waals surface area contributed by atoms with Gasteiger partial charge in [-0.05, 0) is 78.4 Å². The Morgan fingerprint density at radius 1 is 0.975 bits per heavy atom. The number of halogens is 2. The van der Waals surface area contributed by atoms with Gasteiger partial charge < -0.3 is 4.42 Å². The zero-order valence-corrected chi connectivity index (χ0v) is 25.2. The normalized spacial score (nSPS) is 19.7. The molecular weight excluding hydrogens is 650 g/mol. The molecule has 0 radical (unpaired) electrons. The number of thiazole rings is 1. The number of hydrogen-bond donors (Lipinski definition) is 0. The maximum atomic E-state index is 12.9. The number of hydrazone groups is 1. The molecule has 0 saturated heterocycles. The predicted molar refractivity (Wildman–Crippen MR) is 170 cm³/mol. The van der Waals surface area contributed by atoms with Gasteiger partial charge in [-0.25, -0.2) is 14.8 Å². The molecule has 3 aromatic carbocycles. The highest BCUT2D eigenvalue weighted by Crippen LogP contribution is 2.47. The second-order valence-electron chi connectivity index (χ2n) is 10.0. The summed E-state index contributed by atoms with van der Waals surface area (Å²) < 4.78 is 7.71. The first-order valence-corrected chi connectivity index (χ1v) is 15.5. The third-order valence-corrected chi connectivity index (χ3v) is 9.60. The van der Waals surface area contributed by atoms with Crippen LogP contribution in [-0.2, 0) is 0 Å². The fourth-order valence-corrected chi connectivity index (χ4v) is 7.08. The van der Waals surface area contributed by atoms with E-state index in [1.54, 1.807) is 6.20 Å². The van der Waals surface area contributed by atoms with Crippen LogP contribution >= 0.6 is 43.2 Å². The van der Waals surface area contributed by atoms with Gasteiger partial charge in [0.25, 0.3) is 0 Å². The summed E-state index contributed by atoms with van der Waals surface area (Å²) in [7, 11) is 0. The number of para-hydroxylation sites is 1. The zero-order chi connectivity index (χ0) is 27.2. The predicted octanol–water partition coefficient (Wildman–Crippen LogP) is 9.24. The number of anilines is 1. The van der Waals surface area contributed by atoms with Gasteiger partial charge in [0, 0.05) is 26.4 Å². The van der Waals surface area contributed by atoms with Gasteiger partial charge in [0.1, 0.15) is 5.58 Å². The Labute approximate surface area is 252 Å². The maximum Gasteiger partial charge on any atom is 0.345 e. The molecule has 5 aromatic rings. The van der Waals surface area contributed by atoms with Crippen molar-refractivity contribution in [3.05, 3.63) is 121 Å². The van der Waals surface area contributed by atoms with Crippen molar-refractivity contribution in [3.63, 3.8) is 0 Å². The van der Waals surface area contributed by atoms with Crippen molar-refractivity contribution >= 4 is 71.1 Å². The fourth-order valence-electron chi connectivity index (χ4n) is 5.64. The lowest BCUT2D eigenvalue weighted by Crippen LogP contribution is -2.28. The fraction of sp³-hybridized carbons (Fsp3) is 0.156. The van der Waals surface area contributed by atoms with Gasteiger partial charge in [-0.2, -0.15) is 5.10 Å². The molecule has 2 aliphatic rings. The summed E-state index contributed by atoms with van der Waals surface area (Å²) in [6.45, 7) is 0. The highest BCUT2D eigenvalue weighted by molar-refractivity contribution is 9.10. The summed E-state index contributed by atoms with van der Waals surface area (Å²) in [6, 6.07) is 26.4. The van der Waals surface area contributed by atoms with Crippen molar-refractivity contribution in [2.75, 3.05) is 5.01 Å². The molecule has 0 unspecified atom stereocenters. The quantitative estimate of drug-likeness (QED) is 0.179. The van der Waals surface area contributed by atoms with Gasteiger partial charge in [0.2, 0.25) is 5.13 Å². The van der Waals surface area contributed by atoms with Crippen molar-refractivity contribution in [1.82, 2.24) is 4.98 Å². The lowest BCUT2D eigenvalue weighted by molar-refractivity contribution is 0.487. The van der Waals surface area contributed by atoms with E-state index in [2.05, 4.69) is 91.5 Å². The molecule has 8 heteroatoms. The van der Waals surface area contributed by atoms with Gasteiger partial charge >= 0.3 is 5.63 Å². The summed E-state index contributed by atoms with van der Waals surface area (Å²) in [6.07, 6.45) is 7.19. The minimum Gasteiger partial charge on any atom is -0.422 e. The van der Waals surface area contributed by atoms with Gasteiger partial charge in [-0.15, -0.1) is 0 Å². The number of hydrogen-bond acceptors (Lipinski definition) is 6. The highest BCUT2D eigenvalue weighted by atomic mass is 79.9. The first-order chi connectivity index (χ1) is 19.5. The van der Waals surface area contributed by atoms with Gasteiger partial charge in [0.05, 0.1) is 22.2 Å². The van der Waals surface area contributed by atoms with E-state index < -0.39 is 0 Å². The largest absolute Gasteiger partial charge is 0.422 e. The molecule has 1 aliphatic carbocycles. The van der Waals surface area contributed by atoms with E-state index in [0.29, 0.717) is 11.1 Å². The number of rotatable bonds is 4. The van der Waals surface area contributed by atoms with Crippen LogP contribution in [0, 0.1) is 5.92 Å². The molecule has 2 atom stereocenters. The van der Waals surface area contributed by atoms with Gasteiger partial charge in [0.15, 0.2) is 0 Å². The molecule has 0 bridgehead atoms. The Morgan fingerprint density at radius 3 is 2.52 bits per heavy atom. The topological polar surface area (TPSA) is 58.7 Å². The molecule has 7 rings (SSSR count). The molecule has 0 amide bonds. The van der Waals surface area contributed by atoms with Crippen LogP contribution in [0.2, 0.25) is 0 Å². The Bertz CT molecular complexity index is 1840. The van der Waals surface area contributed by atoms with Gasteiger partial charge in [-0.3, -0.25) is 0 Å². The molecule has 40 heavy (non-hydrogen) atoms. The Morgan fingerprint density at radius 2 is 1.73 bits per heavy atom. The first kappa shape index (κ1) is 25.6. The minimum atomic E-state index is -0.362. The molecular formula is C32H23Br2N3O2S. The average molecular weight is 673 g/mol. The lowest BCUT2D eigenvalue weighted by atomic mass is 9.77. The second kappa shape index (κ2) is 10.6. The summed E-state index contributed by atoms with van der Waals surface area (Å²) in [4.78, 5) is 18.4. The van der Waals surface area contributed by atoms with Crippen LogP contribution < -0.4 is 10.6 Å². The number of allylic oxidation sites excluding steroid dienone is 1. The lowest BCUT2D eigenvalue weighted by Gasteiger charge is -2.29. The standard InChI is InChI=1S/C32H23Br2N3O2S/c33-23-12-8-19(9-13-23)16-22-5-3-6-25-29(22)36-37(30(25)20-10-14-24(34)15-11-20)32-35-18-28(40-32)26-17-21-4-1-2-7-27(21)39-31(26)38/h1-2,4,7-18,25,30H,3,5-6H2/b22-16+/t25-,30-/m1/s1. The molecule has 198 valence electrons. The second-order valence-corrected chi connectivity index (χ2v) is 12.9. The van der Waals surface area contributed by atoms with Crippen LogP contribution in [-0.4, -0.2) is 10.7 Å². The SMILES string of the molecule is O=c1oc2ccccc2cc1-c1cnc(N2N=C3/C(=C/c4ccc(Br)cc4)CCC[C@H]3[C@H]2c2ccc(Br)cc2)s1. The third-order valence-electron chi connectivity index (χ3n) is 7.52. The number of benzene rings is 3. The molecule has 2 aromatic heterocycles. The average Bonchev–Trinajstić information content (AvgIpc) is 3.60. The first-order valence-electron chi connectivity index (χ1n) is 13.1. The monoisotopic (exact) mass is 671 g/mol. The van der Waals surface area contributed by atoms with E-state index in [4.69, 9.17) is 14.5 Å². The van der Waals surface area contributed by atoms with E-state index in [0.717, 1.165) is 49.3 Å². The maximum absolute atomic E-state index is 12.9. The number of aromatic nitrogens is 1. The highest BCUT2D eigenvalue weighted by Gasteiger charge is 2.43. The molecule has 5 nitrogen and oxygen atoms in total. The smallest absolute Gasteiger partial charge is 0.345 e. The number of nitrogens with zero attached hydrogens (tertiary/aromatic N) is 3. The molecule has 0 N–H and O–H groups in total. The molecule has 1 aliphatic heterocycles. The van der Waals surface area contributed by atoms with Crippen molar-refractivity contribution in [2.24, 2.45) is 11.0 Å². The van der Waals surface area contributed by atoms with E-state index in [-0.39, 0.29) is 17.6 Å². The van der Waals surface area contributed by atoms with Gasteiger partial charge in [-0.1, -0.05) is 85.7 Å². The molecule has 0 spiro atoms. The molecule has 3 heterocycles. The van der Waals surface area contributed by atoms with Crippen molar-refractivity contribution in [3.8, 4) is 10.4 Å². The van der Waals surface area contributed by atoms with Crippen LogP contribution in [0.4, 0.5) is 5.13 Å². The van der Waals surface area contributed by atoms with Crippen LogP contribution in [0.5, 0.6) is 0 Å². The van der Waals surface area contributed by atoms with Crippen LogP contribution in [0.3, 0.4) is 0 Å². The van der Waals surface area contributed by atoms with Crippen molar-refractivity contribution < 1.29 is 4.42 Å². The van der Waals surface area contributed by atoms with Crippen LogP contribution in [0.15, 0.2) is 114 Å². The Kier molecular flexibility index (Phi) is 6.78. The number of fused-ring (bicyclic) bond motifs is 2. The van der Waals surface area contributed by atoms with Crippen molar-refractivity contribution in [1.29, 1.82) is 0 Å². The van der Waals surface area contributed by atoms with E-state index in [9.17, 15) is 4.79 Å². The summed E-state index contributed by atoms with van der Waals surface area (Å²) in [5.74, 6) is 0.245. The minimum absolute atomic E-state index is 0.0173. The van der Waals surface area contributed by atoms with E-state index in [1.807, 2.05) is 30.3 Å².